The molecule has 1 aromatic rings. The van der Waals surface area contributed by atoms with Crippen molar-refractivity contribution in [3.05, 3.63) is 35.4 Å². The number of carboxylic acid groups (broad SMARTS) is 1. The first kappa shape index (κ1) is 12.5. The van der Waals surface area contributed by atoms with Gasteiger partial charge in [0.15, 0.2) is 11.6 Å². The van der Waals surface area contributed by atoms with E-state index in [0.717, 1.165) is 18.2 Å². The highest BCUT2D eigenvalue weighted by Crippen LogP contribution is 2.19. The van der Waals surface area contributed by atoms with Gasteiger partial charge in [0.1, 0.15) is 0 Å². The Kier molecular flexibility index (Phi) is 3.92. The molecule has 4 N–H and O–H groups in total. The molecule has 0 aliphatic rings. The van der Waals surface area contributed by atoms with E-state index < -0.39 is 36.2 Å². The smallest absolute Gasteiger partial charge is 0.305 e. The van der Waals surface area contributed by atoms with Crippen LogP contribution in [0.4, 0.5) is 8.78 Å². The molecule has 1 aromatic carbocycles. The summed E-state index contributed by atoms with van der Waals surface area (Å²) in [6.07, 6.45) is -1.80. The van der Waals surface area contributed by atoms with Gasteiger partial charge in [0.2, 0.25) is 0 Å². The van der Waals surface area contributed by atoms with E-state index in [4.69, 9.17) is 10.8 Å². The lowest BCUT2D eigenvalue weighted by Gasteiger charge is -2.17. The zero-order chi connectivity index (χ0) is 12.3. The molecule has 0 fully saturated rings. The molecule has 88 valence electrons. The summed E-state index contributed by atoms with van der Waals surface area (Å²) in [5.74, 6) is -3.32. The minimum atomic E-state index is -1.34. The monoisotopic (exact) mass is 231 g/mol. The van der Waals surface area contributed by atoms with Gasteiger partial charge in [-0.15, -0.1) is 0 Å². The van der Waals surface area contributed by atoms with Gasteiger partial charge in [0, 0.05) is 6.04 Å². The van der Waals surface area contributed by atoms with Crippen LogP contribution in [0, 0.1) is 11.6 Å². The van der Waals surface area contributed by atoms with Gasteiger partial charge in [0.25, 0.3) is 0 Å². The van der Waals surface area contributed by atoms with Gasteiger partial charge in [-0.2, -0.15) is 0 Å². The minimum Gasteiger partial charge on any atom is -0.481 e. The fourth-order valence-corrected chi connectivity index (χ4v) is 1.26. The van der Waals surface area contributed by atoms with Crippen molar-refractivity contribution in [2.45, 2.75) is 18.6 Å². The summed E-state index contributed by atoms with van der Waals surface area (Å²) in [4.78, 5) is 10.3. The third kappa shape index (κ3) is 2.98. The van der Waals surface area contributed by atoms with Crippen molar-refractivity contribution in [1.29, 1.82) is 0 Å². The van der Waals surface area contributed by atoms with E-state index in [2.05, 4.69) is 0 Å². The van der Waals surface area contributed by atoms with Crippen LogP contribution in [0.25, 0.3) is 0 Å². The molecule has 0 aliphatic carbocycles. The predicted molar refractivity (Wildman–Crippen MR) is 51.5 cm³/mol. The number of halogens is 2. The highest BCUT2D eigenvalue weighted by molar-refractivity contribution is 5.67. The number of aliphatic hydroxyl groups is 1. The Morgan fingerprint density at radius 3 is 2.50 bits per heavy atom. The molecule has 0 saturated heterocycles. The van der Waals surface area contributed by atoms with Crippen molar-refractivity contribution in [3.8, 4) is 0 Å². The lowest BCUT2D eigenvalue weighted by Crippen LogP contribution is -2.31. The molecule has 0 amide bonds. The number of benzene rings is 1. The number of carboxylic acids is 1. The van der Waals surface area contributed by atoms with Crippen molar-refractivity contribution in [2.75, 3.05) is 0 Å². The number of aliphatic carboxylic acids is 1. The Labute approximate surface area is 90.3 Å². The summed E-state index contributed by atoms with van der Waals surface area (Å²) in [6.45, 7) is 0. The zero-order valence-electron chi connectivity index (χ0n) is 8.23. The van der Waals surface area contributed by atoms with E-state index in [0.29, 0.717) is 0 Å². The van der Waals surface area contributed by atoms with Gasteiger partial charge in [0.05, 0.1) is 12.5 Å². The Bertz CT molecular complexity index is 398. The fourth-order valence-electron chi connectivity index (χ4n) is 1.26. The largest absolute Gasteiger partial charge is 0.481 e. The molecule has 0 heterocycles. The van der Waals surface area contributed by atoms with Crippen LogP contribution in [-0.2, 0) is 4.79 Å². The van der Waals surface area contributed by atoms with E-state index >= 15 is 0 Å². The SMILES string of the molecule is NC(CC(=O)O)C(O)c1ccc(F)c(F)c1. The molecule has 2 unspecified atom stereocenters. The summed E-state index contributed by atoms with van der Waals surface area (Å²) in [7, 11) is 0. The van der Waals surface area contributed by atoms with Crippen LogP contribution in [0.15, 0.2) is 18.2 Å². The molecule has 0 spiro atoms. The minimum absolute atomic E-state index is 0.0488. The van der Waals surface area contributed by atoms with Gasteiger partial charge in [-0.1, -0.05) is 6.07 Å². The Balaban J connectivity index is 2.83. The van der Waals surface area contributed by atoms with Crippen LogP contribution < -0.4 is 5.73 Å². The molecule has 0 bridgehead atoms. The third-order valence-corrected chi connectivity index (χ3v) is 2.10. The van der Waals surface area contributed by atoms with Crippen LogP contribution in [0.2, 0.25) is 0 Å². The standard InChI is InChI=1S/C10H11F2NO3/c11-6-2-1-5(3-7(6)12)10(16)8(13)4-9(14)15/h1-3,8,10,16H,4,13H2,(H,14,15). The first-order chi connectivity index (χ1) is 7.41. The lowest BCUT2D eigenvalue weighted by molar-refractivity contribution is -0.138. The molecule has 4 nitrogen and oxygen atoms in total. The molecule has 0 radical (unpaired) electrons. The predicted octanol–water partition coefficient (Wildman–Crippen LogP) is 0.800. The number of hydrogen-bond acceptors (Lipinski definition) is 3. The van der Waals surface area contributed by atoms with Crippen LogP contribution >= 0.6 is 0 Å². The summed E-state index contributed by atoms with van der Waals surface area (Å²) in [6, 6.07) is 1.73. The average molecular weight is 231 g/mol. The molecule has 0 aliphatic heterocycles. The molecule has 2 atom stereocenters. The quantitative estimate of drug-likeness (QED) is 0.715. The maximum absolute atomic E-state index is 12.8. The summed E-state index contributed by atoms with van der Waals surface area (Å²) in [5.41, 5.74) is 5.44. The number of carbonyl (C=O) groups is 1. The van der Waals surface area contributed by atoms with E-state index in [1.807, 2.05) is 0 Å². The molecule has 6 heteroatoms. The lowest BCUT2D eigenvalue weighted by atomic mass is 10.0. The summed E-state index contributed by atoms with van der Waals surface area (Å²) >= 11 is 0. The van der Waals surface area contributed by atoms with E-state index in [1.54, 1.807) is 0 Å². The molecule has 1 rings (SSSR count). The molecule has 0 aromatic heterocycles. The maximum Gasteiger partial charge on any atom is 0.305 e. The number of hydrogen-bond donors (Lipinski definition) is 3. The van der Waals surface area contributed by atoms with Gasteiger partial charge in [-0.05, 0) is 17.7 Å². The number of aliphatic hydroxyl groups excluding tert-OH is 1. The first-order valence-electron chi connectivity index (χ1n) is 4.52. The molecule has 16 heavy (non-hydrogen) atoms. The average Bonchev–Trinajstić information content (AvgIpc) is 2.20. The van der Waals surface area contributed by atoms with Crippen molar-refractivity contribution in [3.63, 3.8) is 0 Å². The van der Waals surface area contributed by atoms with Gasteiger partial charge >= 0.3 is 5.97 Å². The molecular weight excluding hydrogens is 220 g/mol. The van der Waals surface area contributed by atoms with Crippen LogP contribution in [0.3, 0.4) is 0 Å². The molecule has 0 saturated carbocycles. The first-order valence-corrected chi connectivity index (χ1v) is 4.52. The maximum atomic E-state index is 12.8. The van der Waals surface area contributed by atoms with Gasteiger partial charge in [-0.25, -0.2) is 8.78 Å². The number of nitrogens with two attached hydrogens (primary N) is 1. The highest BCUT2D eigenvalue weighted by atomic mass is 19.2. The van der Waals surface area contributed by atoms with E-state index in [-0.39, 0.29) is 5.56 Å². The highest BCUT2D eigenvalue weighted by Gasteiger charge is 2.20. The van der Waals surface area contributed by atoms with Crippen LogP contribution in [0.1, 0.15) is 18.1 Å². The normalized spacial score (nSPS) is 14.5. The Morgan fingerprint density at radius 1 is 1.38 bits per heavy atom. The fraction of sp³-hybridized carbons (Fsp3) is 0.300. The Hall–Kier alpha value is -1.53. The second-order valence-corrected chi connectivity index (χ2v) is 3.38. The van der Waals surface area contributed by atoms with E-state index in [9.17, 15) is 18.7 Å². The van der Waals surface area contributed by atoms with E-state index in [1.165, 1.54) is 0 Å². The zero-order valence-corrected chi connectivity index (χ0v) is 8.23. The number of rotatable bonds is 4. The molecular formula is C10H11F2NO3. The summed E-state index contributed by atoms with van der Waals surface area (Å²) < 4.78 is 25.4. The van der Waals surface area contributed by atoms with Crippen molar-refractivity contribution in [2.24, 2.45) is 5.73 Å². The Morgan fingerprint density at radius 2 is 2.00 bits per heavy atom. The van der Waals surface area contributed by atoms with Crippen LogP contribution in [-0.4, -0.2) is 22.2 Å². The van der Waals surface area contributed by atoms with Crippen molar-refractivity contribution < 1.29 is 23.8 Å². The van der Waals surface area contributed by atoms with Crippen LogP contribution in [0.5, 0.6) is 0 Å². The second-order valence-electron chi connectivity index (χ2n) is 3.38. The second kappa shape index (κ2) is 5.00. The van der Waals surface area contributed by atoms with Gasteiger partial charge < -0.3 is 15.9 Å². The van der Waals surface area contributed by atoms with Crippen molar-refractivity contribution >= 4 is 5.97 Å². The van der Waals surface area contributed by atoms with Gasteiger partial charge in [-0.3, -0.25) is 4.79 Å². The third-order valence-electron chi connectivity index (χ3n) is 2.10. The topological polar surface area (TPSA) is 83.6 Å². The summed E-state index contributed by atoms with van der Waals surface area (Å²) in [5, 5.41) is 18.0. The van der Waals surface area contributed by atoms with Crippen molar-refractivity contribution in [1.82, 2.24) is 0 Å².